The summed E-state index contributed by atoms with van der Waals surface area (Å²) >= 11 is 0. The molecule has 9 nitrogen and oxygen atoms in total. The first-order chi connectivity index (χ1) is 14.6. The van der Waals surface area contributed by atoms with Crippen LogP contribution in [0.25, 0.3) is 0 Å². The van der Waals surface area contributed by atoms with Gasteiger partial charge in [0.05, 0.1) is 7.11 Å². The number of nitrogens with one attached hydrogen (secondary N) is 1. The Hall–Kier alpha value is -2.08. The lowest BCUT2D eigenvalue weighted by atomic mass is 10.2. The van der Waals surface area contributed by atoms with E-state index in [0.717, 1.165) is 69.1 Å². The molecule has 1 fully saturated rings. The number of halogens is 1. The lowest BCUT2D eigenvalue weighted by Gasteiger charge is -2.37. The number of aliphatic imine (C=N–C) groups is 1. The summed E-state index contributed by atoms with van der Waals surface area (Å²) in [5.74, 6) is 3.55. The molecular weight excluding hydrogens is 509 g/mol. The maximum absolute atomic E-state index is 5.26. The fourth-order valence-electron chi connectivity index (χ4n) is 3.39. The van der Waals surface area contributed by atoms with Gasteiger partial charge in [0.15, 0.2) is 11.8 Å². The lowest BCUT2D eigenvalue weighted by molar-refractivity contribution is 0.195. The number of aromatic nitrogens is 3. The average molecular weight is 543 g/mol. The lowest BCUT2D eigenvalue weighted by Crippen LogP contribution is -2.52. The maximum Gasteiger partial charge on any atom is 0.194 e. The number of anilines is 1. The van der Waals surface area contributed by atoms with Crippen molar-refractivity contribution in [1.29, 1.82) is 0 Å². The normalized spacial score (nSPS) is 14.4. The minimum absolute atomic E-state index is 0. The minimum atomic E-state index is 0. The van der Waals surface area contributed by atoms with Gasteiger partial charge in [0.1, 0.15) is 18.1 Å². The van der Waals surface area contributed by atoms with Gasteiger partial charge in [-0.05, 0) is 37.6 Å². The Morgan fingerprint density at radius 1 is 1.10 bits per heavy atom. The molecule has 1 N–H and O–H groups in total. The summed E-state index contributed by atoms with van der Waals surface area (Å²) in [6, 6.07) is 8.25. The molecule has 0 unspecified atom stereocenters. The van der Waals surface area contributed by atoms with E-state index in [-0.39, 0.29) is 24.0 Å². The van der Waals surface area contributed by atoms with Crippen LogP contribution in [0.1, 0.15) is 18.1 Å². The van der Waals surface area contributed by atoms with Gasteiger partial charge in [-0.15, -0.1) is 34.2 Å². The molecular formula is C21H34IN7O2. The predicted molar refractivity (Wildman–Crippen MR) is 134 cm³/mol. The number of benzene rings is 1. The number of methoxy groups -OCH3 is 2. The highest BCUT2D eigenvalue weighted by atomic mass is 127. The molecule has 0 amide bonds. The molecule has 2 heterocycles. The Balaban J connectivity index is 0.00000341. The Kier molecular flexibility index (Phi) is 10.3. The van der Waals surface area contributed by atoms with Gasteiger partial charge in [0.2, 0.25) is 0 Å². The number of aryl methyl sites for hydroxylation is 1. The van der Waals surface area contributed by atoms with Crippen molar-refractivity contribution in [2.24, 2.45) is 12.0 Å². The van der Waals surface area contributed by atoms with E-state index in [4.69, 9.17) is 14.5 Å². The second kappa shape index (κ2) is 12.7. The van der Waals surface area contributed by atoms with Gasteiger partial charge in [-0.2, -0.15) is 0 Å². The highest BCUT2D eigenvalue weighted by Gasteiger charge is 2.20. The summed E-state index contributed by atoms with van der Waals surface area (Å²) in [7, 11) is 5.39. The van der Waals surface area contributed by atoms with Crippen LogP contribution in [0.4, 0.5) is 5.69 Å². The summed E-state index contributed by atoms with van der Waals surface area (Å²) in [5, 5.41) is 11.8. The highest BCUT2D eigenvalue weighted by Crippen LogP contribution is 2.20. The third-order valence-electron chi connectivity index (χ3n) is 5.38. The van der Waals surface area contributed by atoms with E-state index in [1.54, 1.807) is 14.2 Å². The van der Waals surface area contributed by atoms with E-state index in [9.17, 15) is 0 Å². The molecule has 172 valence electrons. The van der Waals surface area contributed by atoms with E-state index in [1.807, 2.05) is 30.7 Å². The third-order valence-corrected chi connectivity index (χ3v) is 5.38. The zero-order valence-corrected chi connectivity index (χ0v) is 21.2. The van der Waals surface area contributed by atoms with Crippen LogP contribution in [-0.2, 0) is 18.3 Å². The Bertz CT molecular complexity index is 818. The van der Waals surface area contributed by atoms with Gasteiger partial charge in [0.25, 0.3) is 0 Å². The number of piperazine rings is 1. The molecule has 0 bridgehead atoms. The fourth-order valence-corrected chi connectivity index (χ4v) is 3.39. The molecule has 0 atom stereocenters. The molecule has 1 aromatic heterocycles. The minimum Gasteiger partial charge on any atom is -0.497 e. The quantitative estimate of drug-likeness (QED) is 0.236. The Labute approximate surface area is 201 Å². The standard InChI is InChI=1S/C21H33N7O2.HI/c1-17-24-25-20(26(17)2)16-23-21(22-10-5-15-29-3)28-13-11-27(12-14-28)18-6-8-19(30-4)9-7-18;/h6-9H,5,10-16H2,1-4H3,(H,22,23);1H. The summed E-state index contributed by atoms with van der Waals surface area (Å²) < 4.78 is 12.4. The van der Waals surface area contributed by atoms with Gasteiger partial charge < -0.3 is 29.2 Å². The van der Waals surface area contributed by atoms with Crippen molar-refractivity contribution in [1.82, 2.24) is 25.0 Å². The van der Waals surface area contributed by atoms with Crippen LogP contribution in [0.2, 0.25) is 0 Å². The van der Waals surface area contributed by atoms with E-state index in [2.05, 4.69) is 37.4 Å². The fraction of sp³-hybridized carbons (Fsp3) is 0.571. The number of nitrogens with zero attached hydrogens (tertiary/aromatic N) is 6. The molecule has 2 aromatic rings. The molecule has 1 aromatic carbocycles. The zero-order chi connectivity index (χ0) is 21.3. The summed E-state index contributed by atoms with van der Waals surface area (Å²) in [6.45, 7) is 7.69. The van der Waals surface area contributed by atoms with Gasteiger partial charge in [0, 0.05) is 59.2 Å². The predicted octanol–water partition coefficient (Wildman–Crippen LogP) is 2.05. The van der Waals surface area contributed by atoms with Crippen molar-refractivity contribution in [2.75, 3.05) is 58.5 Å². The number of ether oxygens (including phenoxy) is 2. The molecule has 3 rings (SSSR count). The van der Waals surface area contributed by atoms with Gasteiger partial charge >= 0.3 is 0 Å². The number of rotatable bonds is 8. The average Bonchev–Trinajstić information content (AvgIpc) is 3.11. The van der Waals surface area contributed by atoms with Gasteiger partial charge in [-0.3, -0.25) is 0 Å². The van der Waals surface area contributed by atoms with Crippen LogP contribution < -0.4 is 15.0 Å². The van der Waals surface area contributed by atoms with E-state index in [1.165, 1.54) is 5.69 Å². The Morgan fingerprint density at radius 2 is 1.81 bits per heavy atom. The van der Waals surface area contributed by atoms with Crippen LogP contribution in [0, 0.1) is 6.92 Å². The number of hydrogen-bond acceptors (Lipinski definition) is 6. The monoisotopic (exact) mass is 543 g/mol. The van der Waals surface area contributed by atoms with Crippen molar-refractivity contribution in [3.05, 3.63) is 35.9 Å². The summed E-state index contributed by atoms with van der Waals surface area (Å²) in [4.78, 5) is 9.55. The topological polar surface area (TPSA) is 80.0 Å². The molecule has 31 heavy (non-hydrogen) atoms. The molecule has 10 heteroatoms. The molecule has 1 aliphatic rings. The first-order valence-corrected chi connectivity index (χ1v) is 10.4. The molecule has 0 radical (unpaired) electrons. The van der Waals surface area contributed by atoms with E-state index >= 15 is 0 Å². The molecule has 0 aliphatic carbocycles. The van der Waals surface area contributed by atoms with Crippen molar-refractivity contribution >= 4 is 35.6 Å². The largest absolute Gasteiger partial charge is 0.497 e. The van der Waals surface area contributed by atoms with Crippen molar-refractivity contribution in [2.45, 2.75) is 19.9 Å². The number of guanidine groups is 1. The van der Waals surface area contributed by atoms with Crippen LogP contribution in [0.5, 0.6) is 5.75 Å². The van der Waals surface area contributed by atoms with E-state index < -0.39 is 0 Å². The van der Waals surface area contributed by atoms with Gasteiger partial charge in [-0.25, -0.2) is 4.99 Å². The van der Waals surface area contributed by atoms with Crippen LogP contribution in [-0.4, -0.2) is 79.2 Å². The second-order valence-corrected chi connectivity index (χ2v) is 7.31. The first-order valence-electron chi connectivity index (χ1n) is 10.4. The highest BCUT2D eigenvalue weighted by molar-refractivity contribution is 14.0. The van der Waals surface area contributed by atoms with Crippen LogP contribution in [0.15, 0.2) is 29.3 Å². The third kappa shape index (κ3) is 6.96. The van der Waals surface area contributed by atoms with Crippen molar-refractivity contribution in [3.63, 3.8) is 0 Å². The molecule has 1 aliphatic heterocycles. The molecule has 0 spiro atoms. The Morgan fingerprint density at radius 3 is 2.39 bits per heavy atom. The van der Waals surface area contributed by atoms with Crippen LogP contribution in [0.3, 0.4) is 0 Å². The first kappa shape index (κ1) is 25.2. The number of hydrogen-bond donors (Lipinski definition) is 1. The summed E-state index contributed by atoms with van der Waals surface area (Å²) in [6.07, 6.45) is 0.935. The van der Waals surface area contributed by atoms with Crippen molar-refractivity contribution in [3.8, 4) is 5.75 Å². The zero-order valence-electron chi connectivity index (χ0n) is 18.9. The van der Waals surface area contributed by atoms with Crippen LogP contribution >= 0.6 is 24.0 Å². The smallest absolute Gasteiger partial charge is 0.194 e. The molecule has 1 saturated heterocycles. The second-order valence-electron chi connectivity index (χ2n) is 7.31. The van der Waals surface area contributed by atoms with Crippen molar-refractivity contribution < 1.29 is 9.47 Å². The molecule has 0 saturated carbocycles. The summed E-state index contributed by atoms with van der Waals surface area (Å²) in [5.41, 5.74) is 1.22. The SMILES string of the molecule is COCCCNC(=NCc1nnc(C)n1C)N1CCN(c2ccc(OC)cc2)CC1.I. The van der Waals surface area contributed by atoms with Gasteiger partial charge in [-0.1, -0.05) is 0 Å². The van der Waals surface area contributed by atoms with E-state index in [0.29, 0.717) is 6.54 Å². The maximum atomic E-state index is 5.26.